The standard InChI is InChI=1S/C22H39NO3S/c1-20(24)12-13-21(2)15(14-20)6-7-16-17-8-9-19(23(4)27(5,25)26)22(17,3)11-10-18(16)21/h15-19,24H,6-14H2,1-5H3/t15-,16-,17-,18-,19-,20+,21-,22-/m0/s1. The average Bonchev–Trinajstić information content (AvgIpc) is 2.91. The van der Waals surface area contributed by atoms with Gasteiger partial charge in [-0.25, -0.2) is 12.7 Å². The summed E-state index contributed by atoms with van der Waals surface area (Å²) in [5.74, 6) is 2.81. The van der Waals surface area contributed by atoms with E-state index in [0.717, 1.165) is 43.9 Å². The molecule has 0 amide bonds. The molecule has 4 fully saturated rings. The van der Waals surface area contributed by atoms with E-state index in [9.17, 15) is 13.5 Å². The minimum absolute atomic E-state index is 0.127. The van der Waals surface area contributed by atoms with Gasteiger partial charge < -0.3 is 5.11 Å². The van der Waals surface area contributed by atoms with Gasteiger partial charge in [-0.15, -0.1) is 0 Å². The van der Waals surface area contributed by atoms with E-state index in [1.54, 1.807) is 11.4 Å². The second-order valence-corrected chi connectivity index (χ2v) is 13.3. The van der Waals surface area contributed by atoms with Crippen LogP contribution < -0.4 is 0 Å². The van der Waals surface area contributed by atoms with Gasteiger partial charge in [0.2, 0.25) is 10.0 Å². The molecule has 0 aromatic carbocycles. The molecule has 8 atom stereocenters. The molecule has 4 nitrogen and oxygen atoms in total. The first-order valence-corrected chi connectivity index (χ1v) is 12.9. The molecule has 27 heavy (non-hydrogen) atoms. The number of hydrogen-bond acceptors (Lipinski definition) is 3. The van der Waals surface area contributed by atoms with Gasteiger partial charge in [-0.2, -0.15) is 0 Å². The van der Waals surface area contributed by atoms with Gasteiger partial charge in [0.05, 0.1) is 11.9 Å². The van der Waals surface area contributed by atoms with Crippen molar-refractivity contribution in [2.75, 3.05) is 13.3 Å². The Kier molecular flexibility index (Phi) is 4.62. The molecular weight excluding hydrogens is 358 g/mol. The van der Waals surface area contributed by atoms with E-state index in [1.807, 2.05) is 6.92 Å². The Labute approximate surface area is 166 Å². The van der Waals surface area contributed by atoms with Crippen molar-refractivity contribution in [1.29, 1.82) is 0 Å². The summed E-state index contributed by atoms with van der Waals surface area (Å²) in [5.41, 5.74) is 0.0203. The van der Waals surface area contributed by atoms with Crippen LogP contribution in [0.5, 0.6) is 0 Å². The van der Waals surface area contributed by atoms with Crippen molar-refractivity contribution in [3.8, 4) is 0 Å². The Bertz CT molecular complexity index is 704. The zero-order valence-electron chi connectivity index (χ0n) is 17.9. The average molecular weight is 398 g/mol. The summed E-state index contributed by atoms with van der Waals surface area (Å²) in [6, 6.07) is 0.163. The van der Waals surface area contributed by atoms with Gasteiger partial charge in [-0.3, -0.25) is 0 Å². The predicted molar refractivity (Wildman–Crippen MR) is 109 cm³/mol. The highest BCUT2D eigenvalue weighted by molar-refractivity contribution is 7.88. The molecule has 5 heteroatoms. The maximum absolute atomic E-state index is 12.2. The first-order valence-electron chi connectivity index (χ1n) is 11.0. The van der Waals surface area contributed by atoms with E-state index in [2.05, 4.69) is 13.8 Å². The van der Waals surface area contributed by atoms with Crippen LogP contribution in [0.3, 0.4) is 0 Å². The quantitative estimate of drug-likeness (QED) is 0.765. The van der Waals surface area contributed by atoms with Crippen LogP contribution in [0.25, 0.3) is 0 Å². The summed E-state index contributed by atoms with van der Waals surface area (Å²) in [4.78, 5) is 0. The molecule has 0 saturated heterocycles. The lowest BCUT2D eigenvalue weighted by Gasteiger charge is -2.62. The summed E-state index contributed by atoms with van der Waals surface area (Å²) >= 11 is 0. The van der Waals surface area contributed by atoms with Crippen molar-refractivity contribution in [2.45, 2.75) is 90.2 Å². The van der Waals surface area contributed by atoms with Crippen molar-refractivity contribution in [3.05, 3.63) is 0 Å². The van der Waals surface area contributed by atoms with Crippen molar-refractivity contribution >= 4 is 10.0 Å². The molecule has 1 N–H and O–H groups in total. The largest absolute Gasteiger partial charge is 0.390 e. The molecule has 4 aliphatic rings. The van der Waals surface area contributed by atoms with Gasteiger partial charge in [0.25, 0.3) is 0 Å². The molecule has 4 saturated carbocycles. The minimum Gasteiger partial charge on any atom is -0.390 e. The lowest BCUT2D eigenvalue weighted by atomic mass is 9.44. The maximum atomic E-state index is 12.2. The van der Waals surface area contributed by atoms with E-state index in [-0.39, 0.29) is 11.5 Å². The van der Waals surface area contributed by atoms with Crippen LogP contribution in [-0.2, 0) is 10.0 Å². The zero-order chi connectivity index (χ0) is 19.8. The molecule has 0 aliphatic heterocycles. The molecule has 4 aliphatic carbocycles. The van der Waals surface area contributed by atoms with Crippen molar-refractivity contribution < 1.29 is 13.5 Å². The smallest absolute Gasteiger partial charge is 0.211 e. The number of rotatable bonds is 2. The molecule has 156 valence electrons. The fourth-order valence-electron chi connectivity index (χ4n) is 8.23. The normalized spacial score (nSPS) is 52.9. The van der Waals surface area contributed by atoms with Crippen LogP contribution >= 0.6 is 0 Å². The minimum atomic E-state index is -3.14. The number of sulfonamides is 1. The van der Waals surface area contributed by atoms with Crippen LogP contribution in [0, 0.1) is 34.5 Å². The first kappa shape index (κ1) is 20.2. The fraction of sp³-hybridized carbons (Fsp3) is 1.00. The van der Waals surface area contributed by atoms with Crippen molar-refractivity contribution in [1.82, 2.24) is 4.31 Å². The molecule has 0 bridgehead atoms. The molecule has 0 heterocycles. The van der Waals surface area contributed by atoms with Gasteiger partial charge in [0.1, 0.15) is 0 Å². The third-order valence-electron chi connectivity index (χ3n) is 9.87. The second-order valence-electron chi connectivity index (χ2n) is 11.3. The molecule has 0 spiro atoms. The predicted octanol–water partition coefficient (Wildman–Crippen LogP) is 4.04. The lowest BCUT2D eigenvalue weighted by molar-refractivity contribution is -0.145. The number of hydrogen-bond donors (Lipinski definition) is 1. The third kappa shape index (κ3) is 3.02. The highest BCUT2D eigenvalue weighted by Gasteiger charge is 2.61. The van der Waals surface area contributed by atoms with Crippen molar-refractivity contribution in [2.24, 2.45) is 34.5 Å². The second kappa shape index (κ2) is 6.18. The van der Waals surface area contributed by atoms with Gasteiger partial charge in [0.15, 0.2) is 0 Å². The lowest BCUT2D eigenvalue weighted by Crippen LogP contribution is -2.57. The van der Waals surface area contributed by atoms with E-state index < -0.39 is 15.6 Å². The highest BCUT2D eigenvalue weighted by atomic mass is 32.2. The third-order valence-corrected chi connectivity index (χ3v) is 11.2. The Balaban J connectivity index is 1.60. The zero-order valence-corrected chi connectivity index (χ0v) is 18.7. The van der Waals surface area contributed by atoms with Gasteiger partial charge in [-0.05, 0) is 99.2 Å². The van der Waals surface area contributed by atoms with Crippen LogP contribution in [0.4, 0.5) is 0 Å². The summed E-state index contributed by atoms with van der Waals surface area (Å²) in [7, 11) is -1.35. The Morgan fingerprint density at radius 3 is 2.22 bits per heavy atom. The SMILES string of the molecule is CN([C@H]1CC[C@H]2[C@@H]3CC[C@H]4C[C@](C)(O)CC[C@]4(C)[C@H]3CC[C@]12C)S(C)(=O)=O. The molecule has 4 rings (SSSR count). The van der Waals surface area contributed by atoms with Gasteiger partial charge in [-0.1, -0.05) is 13.8 Å². The van der Waals surface area contributed by atoms with Gasteiger partial charge in [0, 0.05) is 13.1 Å². The molecule has 0 unspecified atom stereocenters. The van der Waals surface area contributed by atoms with Crippen LogP contribution in [0.15, 0.2) is 0 Å². The first-order chi connectivity index (χ1) is 12.4. The summed E-state index contributed by atoms with van der Waals surface area (Å²) in [6.45, 7) is 6.92. The monoisotopic (exact) mass is 397 g/mol. The van der Waals surface area contributed by atoms with Crippen molar-refractivity contribution in [3.63, 3.8) is 0 Å². The van der Waals surface area contributed by atoms with Crippen LogP contribution in [0.2, 0.25) is 0 Å². The Morgan fingerprint density at radius 1 is 0.889 bits per heavy atom. The Hall–Kier alpha value is -0.130. The van der Waals surface area contributed by atoms with Gasteiger partial charge >= 0.3 is 0 Å². The number of aliphatic hydroxyl groups is 1. The topological polar surface area (TPSA) is 57.6 Å². The molecular formula is C22H39NO3S. The Morgan fingerprint density at radius 2 is 1.56 bits per heavy atom. The fourth-order valence-corrected chi connectivity index (χ4v) is 9.04. The summed E-state index contributed by atoms with van der Waals surface area (Å²) in [6.07, 6.45) is 11.5. The molecule has 0 aromatic heterocycles. The maximum Gasteiger partial charge on any atom is 0.211 e. The van der Waals surface area contributed by atoms with E-state index in [4.69, 9.17) is 0 Å². The highest BCUT2D eigenvalue weighted by Crippen LogP contribution is 2.67. The van der Waals surface area contributed by atoms with Crippen LogP contribution in [-0.4, -0.2) is 42.8 Å². The molecule has 0 radical (unpaired) electrons. The summed E-state index contributed by atoms with van der Waals surface area (Å²) < 4.78 is 26.1. The van der Waals surface area contributed by atoms with E-state index in [1.165, 1.54) is 31.9 Å². The van der Waals surface area contributed by atoms with E-state index >= 15 is 0 Å². The molecule has 0 aromatic rings. The summed E-state index contributed by atoms with van der Waals surface area (Å²) in [5, 5.41) is 10.6. The van der Waals surface area contributed by atoms with Crippen LogP contribution in [0.1, 0.15) is 78.6 Å². The van der Waals surface area contributed by atoms with E-state index in [0.29, 0.717) is 17.3 Å². The number of nitrogens with zero attached hydrogens (tertiary/aromatic N) is 1. The number of fused-ring (bicyclic) bond motifs is 5.